The standard InChI is InChI=1S/C24H23ClN2O3S/c1-2-5-17(16-6-3-4-7-18(16)25)21-13-26-23(31-21)27-22(28)24(10-11-24)15-8-9-19-20(12-15)30-14-29-19/h3-4,6-9,12-13,17H,2,5,10-11,14H2,1H3,(H,26,27,28). The van der Waals surface area contributed by atoms with Crippen molar-refractivity contribution < 1.29 is 14.3 Å². The van der Waals surface area contributed by atoms with Gasteiger partial charge in [0.1, 0.15) is 0 Å². The fourth-order valence-electron chi connectivity index (χ4n) is 4.19. The van der Waals surface area contributed by atoms with Gasteiger partial charge >= 0.3 is 0 Å². The summed E-state index contributed by atoms with van der Waals surface area (Å²) in [5.41, 5.74) is 1.55. The van der Waals surface area contributed by atoms with Crippen LogP contribution in [0.25, 0.3) is 0 Å². The first kappa shape index (κ1) is 20.3. The Balaban J connectivity index is 1.35. The van der Waals surface area contributed by atoms with E-state index in [1.165, 1.54) is 11.3 Å². The lowest BCUT2D eigenvalue weighted by Gasteiger charge is -2.16. The van der Waals surface area contributed by atoms with Gasteiger partial charge in [-0.2, -0.15) is 0 Å². The Bertz CT molecular complexity index is 1130. The van der Waals surface area contributed by atoms with Crippen LogP contribution in [-0.4, -0.2) is 17.7 Å². The van der Waals surface area contributed by atoms with Gasteiger partial charge in [0.25, 0.3) is 0 Å². The highest BCUT2D eigenvalue weighted by molar-refractivity contribution is 7.15. The zero-order valence-electron chi connectivity index (χ0n) is 17.2. The zero-order valence-corrected chi connectivity index (χ0v) is 18.8. The summed E-state index contributed by atoms with van der Waals surface area (Å²) in [6.45, 7) is 2.39. The molecule has 5 rings (SSSR count). The third-order valence-electron chi connectivity index (χ3n) is 6.06. The third-order valence-corrected chi connectivity index (χ3v) is 7.43. The predicted octanol–water partition coefficient (Wildman–Crippen LogP) is 6.13. The molecule has 1 aliphatic carbocycles. The maximum absolute atomic E-state index is 13.2. The number of rotatable bonds is 7. The largest absolute Gasteiger partial charge is 0.454 e. The Morgan fingerprint density at radius 1 is 1.23 bits per heavy atom. The van der Waals surface area contributed by atoms with E-state index in [9.17, 15) is 4.79 Å². The molecule has 31 heavy (non-hydrogen) atoms. The van der Waals surface area contributed by atoms with E-state index in [2.05, 4.69) is 23.3 Å². The van der Waals surface area contributed by atoms with E-state index in [0.717, 1.165) is 52.5 Å². The van der Waals surface area contributed by atoms with Crippen molar-refractivity contribution in [2.45, 2.75) is 43.9 Å². The molecule has 3 aromatic rings. The predicted molar refractivity (Wildman–Crippen MR) is 122 cm³/mol. The van der Waals surface area contributed by atoms with E-state index in [-0.39, 0.29) is 18.6 Å². The summed E-state index contributed by atoms with van der Waals surface area (Å²) in [5, 5.41) is 4.45. The molecule has 0 bridgehead atoms. The molecule has 160 valence electrons. The van der Waals surface area contributed by atoms with Gasteiger partial charge in [0.05, 0.1) is 5.41 Å². The number of nitrogens with one attached hydrogen (secondary N) is 1. The van der Waals surface area contributed by atoms with Gasteiger partial charge < -0.3 is 14.8 Å². The number of aromatic nitrogens is 1. The molecule has 2 heterocycles. The maximum atomic E-state index is 13.2. The van der Waals surface area contributed by atoms with Crippen LogP contribution in [0.3, 0.4) is 0 Å². The van der Waals surface area contributed by atoms with Crippen molar-refractivity contribution in [1.82, 2.24) is 4.98 Å². The zero-order chi connectivity index (χ0) is 21.4. The molecule has 0 saturated heterocycles. The molecule has 1 atom stereocenters. The van der Waals surface area contributed by atoms with Gasteiger partial charge in [-0.05, 0) is 48.6 Å². The van der Waals surface area contributed by atoms with E-state index >= 15 is 0 Å². The van der Waals surface area contributed by atoms with Gasteiger partial charge in [-0.15, -0.1) is 11.3 Å². The summed E-state index contributed by atoms with van der Waals surface area (Å²) in [7, 11) is 0. The minimum Gasteiger partial charge on any atom is -0.454 e. The second kappa shape index (κ2) is 8.17. The summed E-state index contributed by atoms with van der Waals surface area (Å²) in [6.07, 6.45) is 5.50. The van der Waals surface area contributed by atoms with Crippen LogP contribution in [0.4, 0.5) is 5.13 Å². The Morgan fingerprint density at radius 3 is 2.81 bits per heavy atom. The number of nitrogens with zero attached hydrogens (tertiary/aromatic N) is 1. The molecule has 2 aliphatic rings. The van der Waals surface area contributed by atoms with Crippen LogP contribution < -0.4 is 14.8 Å². The number of hydrogen-bond acceptors (Lipinski definition) is 5. The molecule has 1 unspecified atom stereocenters. The average Bonchev–Trinajstić information content (AvgIpc) is 3.24. The molecule has 1 fully saturated rings. The first-order chi connectivity index (χ1) is 15.1. The van der Waals surface area contributed by atoms with Crippen LogP contribution in [0.15, 0.2) is 48.7 Å². The van der Waals surface area contributed by atoms with Gasteiger partial charge in [0.2, 0.25) is 12.7 Å². The van der Waals surface area contributed by atoms with E-state index < -0.39 is 5.41 Å². The topological polar surface area (TPSA) is 60.5 Å². The van der Waals surface area contributed by atoms with Crippen LogP contribution in [0, 0.1) is 0 Å². The highest BCUT2D eigenvalue weighted by Gasteiger charge is 2.52. The van der Waals surface area contributed by atoms with Crippen LogP contribution in [0.2, 0.25) is 5.02 Å². The van der Waals surface area contributed by atoms with Crippen molar-refractivity contribution >= 4 is 34.0 Å². The van der Waals surface area contributed by atoms with Gasteiger partial charge in [-0.25, -0.2) is 4.98 Å². The normalized spacial score (nSPS) is 16.7. The summed E-state index contributed by atoms with van der Waals surface area (Å²) in [4.78, 5) is 18.8. The number of carbonyl (C=O) groups is 1. The quantitative estimate of drug-likeness (QED) is 0.466. The van der Waals surface area contributed by atoms with E-state index in [0.29, 0.717) is 10.9 Å². The fraction of sp³-hybridized carbons (Fsp3) is 0.333. The first-order valence-electron chi connectivity index (χ1n) is 10.5. The summed E-state index contributed by atoms with van der Waals surface area (Å²) in [6, 6.07) is 13.7. The molecule has 7 heteroatoms. The number of ether oxygens (including phenoxy) is 2. The minimum absolute atomic E-state index is 0.0166. The van der Waals surface area contributed by atoms with Gasteiger partial charge in [-0.3, -0.25) is 4.79 Å². The Labute approximate surface area is 190 Å². The van der Waals surface area contributed by atoms with Crippen LogP contribution in [0.1, 0.15) is 54.5 Å². The highest BCUT2D eigenvalue weighted by Crippen LogP contribution is 2.51. The van der Waals surface area contributed by atoms with E-state index in [1.807, 2.05) is 42.6 Å². The van der Waals surface area contributed by atoms with Crippen molar-refractivity contribution in [3.8, 4) is 11.5 Å². The second-order valence-corrected chi connectivity index (χ2v) is 9.50. The van der Waals surface area contributed by atoms with E-state index in [4.69, 9.17) is 21.1 Å². The van der Waals surface area contributed by atoms with E-state index in [1.54, 1.807) is 0 Å². The Kier molecular flexibility index (Phi) is 5.36. The molecule has 0 spiro atoms. The number of anilines is 1. The fourth-order valence-corrected chi connectivity index (χ4v) is 5.42. The average molecular weight is 455 g/mol. The van der Waals surface area contributed by atoms with Crippen LogP contribution in [-0.2, 0) is 10.2 Å². The van der Waals surface area contributed by atoms with Gasteiger partial charge in [0.15, 0.2) is 16.6 Å². The van der Waals surface area contributed by atoms with Gasteiger partial charge in [-0.1, -0.05) is 49.2 Å². The van der Waals surface area contributed by atoms with Crippen LogP contribution >= 0.6 is 22.9 Å². The Hall–Kier alpha value is -2.57. The lowest BCUT2D eigenvalue weighted by atomic mass is 9.93. The number of halogens is 1. The van der Waals surface area contributed by atoms with Crippen molar-refractivity contribution in [3.05, 3.63) is 69.7 Å². The summed E-state index contributed by atoms with van der Waals surface area (Å²) in [5.74, 6) is 1.59. The van der Waals surface area contributed by atoms with Crippen molar-refractivity contribution in [2.24, 2.45) is 0 Å². The number of carbonyl (C=O) groups excluding carboxylic acids is 1. The monoisotopic (exact) mass is 454 g/mol. The number of benzene rings is 2. The minimum atomic E-state index is -0.516. The van der Waals surface area contributed by atoms with Crippen LogP contribution in [0.5, 0.6) is 11.5 Å². The molecule has 1 amide bonds. The molecule has 2 aromatic carbocycles. The first-order valence-corrected chi connectivity index (χ1v) is 11.7. The van der Waals surface area contributed by atoms with Gasteiger partial charge in [0, 0.05) is 22.0 Å². The lowest BCUT2D eigenvalue weighted by molar-refractivity contribution is -0.118. The second-order valence-electron chi connectivity index (χ2n) is 8.03. The smallest absolute Gasteiger partial charge is 0.236 e. The SMILES string of the molecule is CCCC(c1cnc(NC(=O)C2(c3ccc4c(c3)OCO4)CC2)s1)c1ccccc1Cl. The number of thiazole rings is 1. The maximum Gasteiger partial charge on any atom is 0.236 e. The molecular weight excluding hydrogens is 432 g/mol. The van der Waals surface area contributed by atoms with Crippen molar-refractivity contribution in [3.63, 3.8) is 0 Å². The van der Waals surface area contributed by atoms with Crippen molar-refractivity contribution in [1.29, 1.82) is 0 Å². The number of hydrogen-bond donors (Lipinski definition) is 1. The lowest BCUT2D eigenvalue weighted by Crippen LogP contribution is -2.27. The molecule has 1 aromatic heterocycles. The number of fused-ring (bicyclic) bond motifs is 1. The number of amides is 1. The van der Waals surface area contributed by atoms with Crippen molar-refractivity contribution in [2.75, 3.05) is 12.1 Å². The summed E-state index contributed by atoms with van der Waals surface area (Å²) < 4.78 is 10.9. The highest BCUT2D eigenvalue weighted by atomic mass is 35.5. The third kappa shape index (κ3) is 3.79. The Morgan fingerprint density at radius 2 is 2.03 bits per heavy atom. The molecule has 1 aliphatic heterocycles. The summed E-state index contributed by atoms with van der Waals surface area (Å²) >= 11 is 7.99. The molecule has 1 saturated carbocycles. The molecule has 1 N–H and O–H groups in total. The molecule has 0 radical (unpaired) electrons. The molecular formula is C24H23ClN2O3S. The molecule has 5 nitrogen and oxygen atoms in total.